The van der Waals surface area contributed by atoms with Crippen LogP contribution in [0, 0.1) is 5.82 Å². The maximum Gasteiger partial charge on any atom is 0.233 e. The number of halogens is 2. The lowest BCUT2D eigenvalue weighted by Crippen LogP contribution is -2.48. The number of nitrogens with zero attached hydrogens (tertiary/aromatic N) is 5. The van der Waals surface area contributed by atoms with Crippen molar-refractivity contribution >= 4 is 29.3 Å². The first-order chi connectivity index (χ1) is 15.1. The summed E-state index contributed by atoms with van der Waals surface area (Å²) < 4.78 is 21.4. The van der Waals surface area contributed by atoms with E-state index in [2.05, 4.69) is 15.1 Å². The Morgan fingerprint density at radius 1 is 1.19 bits per heavy atom. The molecule has 0 N–H and O–H groups in total. The van der Waals surface area contributed by atoms with Crippen molar-refractivity contribution < 1.29 is 13.6 Å². The average molecular weight is 464 g/mol. The van der Waals surface area contributed by atoms with Crippen LogP contribution in [0.2, 0.25) is 5.02 Å². The molecule has 1 aliphatic heterocycles. The fourth-order valence-electron chi connectivity index (χ4n) is 3.55. The second kappa shape index (κ2) is 9.84. The lowest BCUT2D eigenvalue weighted by molar-refractivity contribution is -0.130. The van der Waals surface area contributed by atoms with Crippen molar-refractivity contribution in [2.75, 3.05) is 31.9 Å². The lowest BCUT2D eigenvalue weighted by Gasteiger charge is -2.34. The Labute approximate surface area is 189 Å². The van der Waals surface area contributed by atoms with Crippen LogP contribution in [0.1, 0.15) is 12.5 Å². The highest BCUT2D eigenvalue weighted by Crippen LogP contribution is 2.25. The van der Waals surface area contributed by atoms with Crippen LogP contribution in [-0.4, -0.2) is 62.4 Å². The maximum atomic E-state index is 14.0. The molecule has 31 heavy (non-hydrogen) atoms. The predicted molar refractivity (Wildman–Crippen MR) is 117 cm³/mol. The van der Waals surface area contributed by atoms with E-state index in [1.54, 1.807) is 24.5 Å². The van der Waals surface area contributed by atoms with Gasteiger partial charge in [-0.1, -0.05) is 29.4 Å². The molecule has 164 valence electrons. The summed E-state index contributed by atoms with van der Waals surface area (Å²) in [4.78, 5) is 16.7. The fraction of sp³-hybridized carbons (Fsp3) is 0.381. The van der Waals surface area contributed by atoms with Crippen LogP contribution in [0.25, 0.3) is 11.6 Å². The van der Waals surface area contributed by atoms with Gasteiger partial charge in [0.2, 0.25) is 5.91 Å². The molecule has 0 bridgehead atoms. The number of carbonyl (C=O) groups is 1. The van der Waals surface area contributed by atoms with Gasteiger partial charge >= 0.3 is 0 Å². The number of rotatable bonds is 7. The number of carbonyl (C=O) groups excluding carboxylic acids is 1. The Morgan fingerprint density at radius 2 is 2.00 bits per heavy atom. The number of aromatic nitrogens is 3. The van der Waals surface area contributed by atoms with Crippen LogP contribution in [-0.2, 0) is 17.9 Å². The first-order valence-electron chi connectivity index (χ1n) is 10.1. The summed E-state index contributed by atoms with van der Waals surface area (Å²) in [5.41, 5.74) is 0.505. The lowest BCUT2D eigenvalue weighted by atomic mass is 10.2. The first-order valence-corrected chi connectivity index (χ1v) is 11.5. The van der Waals surface area contributed by atoms with Crippen LogP contribution < -0.4 is 0 Å². The molecule has 1 fully saturated rings. The minimum absolute atomic E-state index is 0.0544. The zero-order chi connectivity index (χ0) is 21.8. The zero-order valence-corrected chi connectivity index (χ0v) is 18.7. The molecular weight excluding hydrogens is 441 g/mol. The van der Waals surface area contributed by atoms with Crippen molar-refractivity contribution in [3.8, 4) is 11.6 Å². The van der Waals surface area contributed by atoms with Crippen molar-refractivity contribution in [2.45, 2.75) is 25.2 Å². The Balaban J connectivity index is 1.30. The monoisotopic (exact) mass is 463 g/mol. The van der Waals surface area contributed by atoms with Gasteiger partial charge in [0.15, 0.2) is 16.7 Å². The van der Waals surface area contributed by atoms with Crippen molar-refractivity contribution in [3.05, 3.63) is 53.0 Å². The number of piperazine rings is 1. The second-order valence-electron chi connectivity index (χ2n) is 7.17. The molecule has 3 heterocycles. The minimum atomic E-state index is -0.295. The highest BCUT2D eigenvalue weighted by atomic mass is 35.5. The molecule has 3 aromatic rings. The number of hydrogen-bond acceptors (Lipinski definition) is 6. The van der Waals surface area contributed by atoms with Crippen LogP contribution in [0.15, 0.2) is 46.2 Å². The number of furan rings is 1. The third-order valence-corrected chi connectivity index (χ3v) is 6.57. The van der Waals surface area contributed by atoms with Gasteiger partial charge in [-0.05, 0) is 31.2 Å². The van der Waals surface area contributed by atoms with Crippen LogP contribution in [0.4, 0.5) is 4.39 Å². The Bertz CT molecular complexity index is 1010. The van der Waals surface area contributed by atoms with E-state index < -0.39 is 0 Å². The molecule has 0 spiro atoms. The van der Waals surface area contributed by atoms with E-state index in [-0.39, 0.29) is 17.5 Å². The van der Waals surface area contributed by atoms with Gasteiger partial charge in [0, 0.05) is 49.9 Å². The quantitative estimate of drug-likeness (QED) is 0.497. The summed E-state index contributed by atoms with van der Waals surface area (Å²) in [7, 11) is 0. The summed E-state index contributed by atoms with van der Waals surface area (Å²) in [6, 6.07) is 8.37. The van der Waals surface area contributed by atoms with Crippen LogP contribution in [0.5, 0.6) is 0 Å². The van der Waals surface area contributed by atoms with E-state index in [0.29, 0.717) is 66.6 Å². The Morgan fingerprint density at radius 3 is 2.68 bits per heavy atom. The standard InChI is InChI=1S/C21H23ClFN5O2S/c1-2-28-20(18-7-4-12-30-18)24-25-21(28)31-14-19(29)27-10-8-26(9-11-27)13-15-16(22)5-3-6-17(15)23/h3-7,12H,2,8-11,13-14H2,1H3. The molecule has 1 aromatic carbocycles. The van der Waals surface area contributed by atoms with Gasteiger partial charge in [-0.15, -0.1) is 10.2 Å². The summed E-state index contributed by atoms with van der Waals surface area (Å²) in [5.74, 6) is 1.35. The second-order valence-corrected chi connectivity index (χ2v) is 8.52. The molecule has 1 saturated heterocycles. The summed E-state index contributed by atoms with van der Waals surface area (Å²) in [6.07, 6.45) is 1.60. The first kappa shape index (κ1) is 21.9. The molecule has 0 aliphatic carbocycles. The predicted octanol–water partition coefficient (Wildman–Crippen LogP) is 3.79. The summed E-state index contributed by atoms with van der Waals surface area (Å²) >= 11 is 7.51. The summed E-state index contributed by atoms with van der Waals surface area (Å²) in [6.45, 7) is 5.67. The summed E-state index contributed by atoms with van der Waals surface area (Å²) in [5, 5.41) is 9.56. The highest BCUT2D eigenvalue weighted by molar-refractivity contribution is 7.99. The molecule has 1 amide bonds. The largest absolute Gasteiger partial charge is 0.461 e. The minimum Gasteiger partial charge on any atom is -0.461 e. The van der Waals surface area contributed by atoms with Crippen LogP contribution in [0.3, 0.4) is 0 Å². The Kier molecular flexibility index (Phi) is 6.94. The molecular formula is C21H23ClFN5O2S. The van der Waals surface area contributed by atoms with Gasteiger partial charge in [0.05, 0.1) is 12.0 Å². The molecule has 0 saturated carbocycles. The fourth-order valence-corrected chi connectivity index (χ4v) is 4.68. The molecule has 2 aromatic heterocycles. The molecule has 1 aliphatic rings. The smallest absolute Gasteiger partial charge is 0.233 e. The van der Waals surface area contributed by atoms with Gasteiger partial charge in [-0.2, -0.15) is 0 Å². The molecule has 0 atom stereocenters. The maximum absolute atomic E-state index is 14.0. The van der Waals surface area contributed by atoms with Gasteiger partial charge in [-0.25, -0.2) is 4.39 Å². The van der Waals surface area contributed by atoms with E-state index >= 15 is 0 Å². The molecule has 0 unspecified atom stereocenters. The van der Waals surface area contributed by atoms with Gasteiger partial charge in [0.25, 0.3) is 0 Å². The van der Waals surface area contributed by atoms with Gasteiger partial charge < -0.3 is 9.32 Å². The highest BCUT2D eigenvalue weighted by Gasteiger charge is 2.23. The molecule has 7 nitrogen and oxygen atoms in total. The van der Waals surface area contributed by atoms with E-state index in [4.69, 9.17) is 16.0 Å². The SMILES string of the molecule is CCn1c(SCC(=O)N2CCN(Cc3c(F)cccc3Cl)CC2)nnc1-c1ccco1. The van der Waals surface area contributed by atoms with Crippen molar-refractivity contribution in [3.63, 3.8) is 0 Å². The number of thioether (sulfide) groups is 1. The number of amides is 1. The number of hydrogen-bond donors (Lipinski definition) is 0. The molecule has 4 rings (SSSR count). The third kappa shape index (κ3) is 4.94. The van der Waals surface area contributed by atoms with E-state index in [1.807, 2.05) is 22.5 Å². The molecule has 10 heteroatoms. The zero-order valence-electron chi connectivity index (χ0n) is 17.1. The normalized spacial score (nSPS) is 14.9. The van der Waals surface area contributed by atoms with E-state index in [0.717, 1.165) is 0 Å². The topological polar surface area (TPSA) is 67.4 Å². The van der Waals surface area contributed by atoms with Gasteiger partial charge in [-0.3, -0.25) is 14.3 Å². The van der Waals surface area contributed by atoms with Crippen molar-refractivity contribution in [1.82, 2.24) is 24.6 Å². The van der Waals surface area contributed by atoms with Crippen molar-refractivity contribution in [2.24, 2.45) is 0 Å². The molecule has 0 radical (unpaired) electrons. The van der Waals surface area contributed by atoms with Crippen LogP contribution >= 0.6 is 23.4 Å². The van der Waals surface area contributed by atoms with Gasteiger partial charge in [0.1, 0.15) is 5.82 Å². The third-order valence-electron chi connectivity index (χ3n) is 5.27. The Hall–Kier alpha value is -2.36. The van der Waals surface area contributed by atoms with E-state index in [1.165, 1.54) is 17.8 Å². The van der Waals surface area contributed by atoms with E-state index in [9.17, 15) is 9.18 Å². The van der Waals surface area contributed by atoms with Crippen molar-refractivity contribution in [1.29, 1.82) is 0 Å². The number of benzene rings is 1. The average Bonchev–Trinajstić information content (AvgIpc) is 3.44.